The Morgan fingerprint density at radius 2 is 1.97 bits per heavy atom. The number of thiocarbonyl (C=S) groups is 1. The van der Waals surface area contributed by atoms with Gasteiger partial charge in [0.05, 0.1) is 10.6 Å². The van der Waals surface area contributed by atoms with Crippen LogP contribution in [0.15, 0.2) is 59.6 Å². The summed E-state index contributed by atoms with van der Waals surface area (Å²) in [6.45, 7) is -0.425. The summed E-state index contributed by atoms with van der Waals surface area (Å²) in [5, 5.41) is 12.6. The molecule has 2 heterocycles. The number of nitrogens with one attached hydrogen (secondary N) is 3. The Bertz CT molecular complexity index is 1300. The Morgan fingerprint density at radius 3 is 2.71 bits per heavy atom. The van der Waals surface area contributed by atoms with E-state index in [1.807, 2.05) is 12.1 Å². The van der Waals surface area contributed by atoms with Crippen LogP contribution in [0.1, 0.15) is 27.0 Å². The third-order valence-corrected chi connectivity index (χ3v) is 6.99. The highest BCUT2D eigenvalue weighted by molar-refractivity contribution is 7.98. The van der Waals surface area contributed by atoms with Crippen molar-refractivity contribution in [2.75, 3.05) is 24.3 Å². The minimum atomic E-state index is -1.11. The number of carbonyl (C=O) groups excluding carboxylic acids is 1. The number of hydrazine groups is 1. The maximum atomic E-state index is 12.3. The van der Waals surface area contributed by atoms with Gasteiger partial charge in [0, 0.05) is 36.0 Å². The number of amides is 1. The van der Waals surface area contributed by atoms with Gasteiger partial charge in [-0.3, -0.25) is 20.4 Å². The van der Waals surface area contributed by atoms with E-state index in [-0.39, 0.29) is 16.4 Å². The standard InChI is InChI=1S/C24H22ClN5O3S2/c1-30(12-21(31)32)23(33)16-10-18(25)22(26-11-16)28-29-24(34)27-19-7-4-8-20-17(19)9-14-5-2-3-6-15(14)13-35-20/h2-8,10-11H,9,12-13H2,1H3,(H,26,28)(H,31,32)(H2,27,29,34). The second-order valence-corrected chi connectivity index (χ2v) is 9.66. The summed E-state index contributed by atoms with van der Waals surface area (Å²) in [7, 11) is 1.39. The number of likely N-dealkylation sites (N-methyl/N-ethyl adjacent to an activating group) is 1. The van der Waals surface area contributed by atoms with Crippen molar-refractivity contribution in [3.8, 4) is 0 Å². The fourth-order valence-corrected chi connectivity index (χ4v) is 5.13. The maximum Gasteiger partial charge on any atom is 0.323 e. The van der Waals surface area contributed by atoms with E-state index in [2.05, 4.69) is 51.5 Å². The Morgan fingerprint density at radius 1 is 1.20 bits per heavy atom. The first-order chi connectivity index (χ1) is 16.8. The van der Waals surface area contributed by atoms with E-state index in [9.17, 15) is 9.59 Å². The molecule has 0 atom stereocenters. The molecule has 0 bridgehead atoms. The Labute approximate surface area is 217 Å². The quantitative estimate of drug-likeness (QED) is 0.274. The predicted molar refractivity (Wildman–Crippen MR) is 142 cm³/mol. The van der Waals surface area contributed by atoms with Crippen LogP contribution in [-0.2, 0) is 17.0 Å². The number of carboxylic acids is 1. The molecule has 1 aliphatic heterocycles. The molecular formula is C24H22ClN5O3S2. The van der Waals surface area contributed by atoms with Crippen LogP contribution in [-0.4, -0.2) is 45.6 Å². The van der Waals surface area contributed by atoms with Crippen molar-refractivity contribution >= 4 is 64.1 Å². The van der Waals surface area contributed by atoms with Gasteiger partial charge in [0.15, 0.2) is 10.9 Å². The minimum absolute atomic E-state index is 0.176. The van der Waals surface area contributed by atoms with Crippen molar-refractivity contribution < 1.29 is 14.7 Å². The molecular weight excluding hydrogens is 506 g/mol. The molecule has 4 rings (SSSR count). The number of fused-ring (bicyclic) bond motifs is 2. The number of pyridine rings is 1. The third kappa shape index (κ3) is 6.02. The van der Waals surface area contributed by atoms with E-state index in [0.717, 1.165) is 22.8 Å². The van der Waals surface area contributed by atoms with Crippen LogP contribution in [0.25, 0.3) is 0 Å². The lowest BCUT2D eigenvalue weighted by atomic mass is 9.99. The molecule has 0 unspecified atom stereocenters. The zero-order valence-electron chi connectivity index (χ0n) is 18.7. The van der Waals surface area contributed by atoms with Crippen molar-refractivity contribution in [1.29, 1.82) is 0 Å². The number of aromatic nitrogens is 1. The summed E-state index contributed by atoms with van der Waals surface area (Å²) in [5.74, 6) is -0.417. The molecule has 8 nitrogen and oxygen atoms in total. The molecule has 0 radical (unpaired) electrons. The molecule has 11 heteroatoms. The molecule has 0 saturated carbocycles. The predicted octanol–water partition coefficient (Wildman–Crippen LogP) is 4.40. The van der Waals surface area contributed by atoms with Crippen molar-refractivity contribution in [2.45, 2.75) is 17.1 Å². The lowest BCUT2D eigenvalue weighted by Crippen LogP contribution is -2.34. The summed E-state index contributed by atoms with van der Waals surface area (Å²) < 4.78 is 0. The zero-order valence-corrected chi connectivity index (χ0v) is 21.1. The number of anilines is 2. The summed E-state index contributed by atoms with van der Waals surface area (Å²) >= 11 is 13.5. The summed E-state index contributed by atoms with van der Waals surface area (Å²) in [4.78, 5) is 29.6. The third-order valence-electron chi connectivity index (χ3n) is 5.35. The highest BCUT2D eigenvalue weighted by Crippen LogP contribution is 2.37. The highest BCUT2D eigenvalue weighted by atomic mass is 35.5. The lowest BCUT2D eigenvalue weighted by Gasteiger charge is -2.17. The fraction of sp³-hybridized carbons (Fsp3) is 0.167. The topological polar surface area (TPSA) is 107 Å². The van der Waals surface area contributed by atoms with E-state index < -0.39 is 18.4 Å². The van der Waals surface area contributed by atoms with Gasteiger partial charge in [-0.05, 0) is 47.1 Å². The Kier molecular flexibility index (Phi) is 7.74. The molecule has 180 valence electrons. The number of aliphatic carboxylic acids is 1. The van der Waals surface area contributed by atoms with Gasteiger partial charge in [-0.1, -0.05) is 41.9 Å². The van der Waals surface area contributed by atoms with E-state index in [4.69, 9.17) is 28.9 Å². The molecule has 3 aromatic rings. The molecule has 35 heavy (non-hydrogen) atoms. The van der Waals surface area contributed by atoms with Crippen LogP contribution < -0.4 is 16.2 Å². The Hall–Kier alpha value is -3.34. The van der Waals surface area contributed by atoms with Crippen molar-refractivity contribution in [3.63, 3.8) is 0 Å². The number of hydrogen-bond acceptors (Lipinski definition) is 6. The fourth-order valence-electron chi connectivity index (χ4n) is 3.63. The summed E-state index contributed by atoms with van der Waals surface area (Å²) in [6.07, 6.45) is 2.12. The second kappa shape index (κ2) is 10.9. The number of hydrogen-bond donors (Lipinski definition) is 4. The first kappa shape index (κ1) is 24.8. The van der Waals surface area contributed by atoms with Crippen molar-refractivity contribution in [3.05, 3.63) is 82.0 Å². The normalized spacial score (nSPS) is 11.9. The van der Waals surface area contributed by atoms with Gasteiger partial charge in [0.2, 0.25) is 0 Å². The molecule has 0 aliphatic carbocycles. The average molecular weight is 528 g/mol. The van der Waals surface area contributed by atoms with Crippen LogP contribution in [0.5, 0.6) is 0 Å². The molecule has 2 aromatic carbocycles. The number of carboxylic acid groups (broad SMARTS) is 1. The number of carbonyl (C=O) groups is 2. The van der Waals surface area contributed by atoms with E-state index in [0.29, 0.717) is 5.11 Å². The first-order valence-corrected chi connectivity index (χ1v) is 12.4. The van der Waals surface area contributed by atoms with E-state index >= 15 is 0 Å². The van der Waals surface area contributed by atoms with E-state index in [1.54, 1.807) is 11.8 Å². The van der Waals surface area contributed by atoms with Crippen LogP contribution in [0.2, 0.25) is 5.02 Å². The second-order valence-electron chi connectivity index (χ2n) is 7.83. The number of nitrogens with zero attached hydrogens (tertiary/aromatic N) is 2. The van der Waals surface area contributed by atoms with Gasteiger partial charge in [0.25, 0.3) is 5.91 Å². The molecule has 0 fully saturated rings. The zero-order chi connectivity index (χ0) is 24.9. The molecule has 1 aliphatic rings. The van der Waals surface area contributed by atoms with Gasteiger partial charge >= 0.3 is 5.97 Å². The van der Waals surface area contributed by atoms with Crippen LogP contribution in [0.3, 0.4) is 0 Å². The number of halogens is 1. The summed E-state index contributed by atoms with van der Waals surface area (Å²) in [6, 6.07) is 16.0. The maximum absolute atomic E-state index is 12.3. The SMILES string of the molecule is CN(CC(=O)O)C(=O)c1cnc(NNC(=S)Nc2cccc3c2Cc2ccccc2CS3)c(Cl)c1. The van der Waals surface area contributed by atoms with Gasteiger partial charge in [-0.15, -0.1) is 11.8 Å². The minimum Gasteiger partial charge on any atom is -0.480 e. The van der Waals surface area contributed by atoms with Gasteiger partial charge in [-0.25, -0.2) is 4.98 Å². The van der Waals surface area contributed by atoms with Crippen LogP contribution in [0.4, 0.5) is 11.5 Å². The van der Waals surface area contributed by atoms with Crippen molar-refractivity contribution in [1.82, 2.24) is 15.3 Å². The number of rotatable bonds is 6. The summed E-state index contributed by atoms with van der Waals surface area (Å²) in [5.41, 5.74) is 10.6. The first-order valence-electron chi connectivity index (χ1n) is 10.6. The highest BCUT2D eigenvalue weighted by Gasteiger charge is 2.18. The number of benzene rings is 2. The number of thioether (sulfide) groups is 1. The molecule has 1 amide bonds. The molecule has 0 saturated heterocycles. The van der Waals surface area contributed by atoms with Crippen molar-refractivity contribution in [2.24, 2.45) is 0 Å². The van der Waals surface area contributed by atoms with Gasteiger partial charge in [-0.2, -0.15) is 0 Å². The van der Waals surface area contributed by atoms with Gasteiger partial charge in [0.1, 0.15) is 6.54 Å². The Balaban J connectivity index is 1.41. The smallest absolute Gasteiger partial charge is 0.323 e. The lowest BCUT2D eigenvalue weighted by molar-refractivity contribution is -0.137. The van der Waals surface area contributed by atoms with Gasteiger partial charge < -0.3 is 15.3 Å². The average Bonchev–Trinajstić information content (AvgIpc) is 3.02. The monoisotopic (exact) mass is 527 g/mol. The van der Waals surface area contributed by atoms with Crippen LogP contribution >= 0.6 is 35.6 Å². The molecule has 1 aromatic heterocycles. The molecule has 4 N–H and O–H groups in total. The largest absolute Gasteiger partial charge is 0.480 e. The van der Waals surface area contributed by atoms with E-state index in [1.165, 1.54) is 40.9 Å². The van der Waals surface area contributed by atoms with Crippen LogP contribution in [0, 0.1) is 0 Å². The molecule has 0 spiro atoms.